The molecule has 0 saturated heterocycles. The lowest BCUT2D eigenvalue weighted by Gasteiger charge is -2.09. The average molecular weight is 312 g/mol. The van der Waals surface area contributed by atoms with Gasteiger partial charge in [0, 0.05) is 7.05 Å². The van der Waals surface area contributed by atoms with Crippen molar-refractivity contribution in [3.05, 3.63) is 35.7 Å². The number of benzene rings is 1. The Morgan fingerprint density at radius 3 is 2.71 bits per heavy atom. The molecule has 0 unspecified atom stereocenters. The first-order valence-corrected chi connectivity index (χ1v) is 7.20. The number of sulfonamides is 1. The number of hydrogen-bond donors (Lipinski definition) is 2. The number of aromatic nitrogens is 3. The molecule has 0 radical (unpaired) electrons. The summed E-state index contributed by atoms with van der Waals surface area (Å²) in [6, 6.07) is 3.36. The van der Waals surface area contributed by atoms with Crippen molar-refractivity contribution in [3.63, 3.8) is 0 Å². The van der Waals surface area contributed by atoms with Crippen LogP contribution in [0.3, 0.4) is 0 Å². The number of primary sulfonamides is 1. The summed E-state index contributed by atoms with van der Waals surface area (Å²) >= 11 is 0. The van der Waals surface area contributed by atoms with Gasteiger partial charge in [-0.25, -0.2) is 18.4 Å². The molecule has 0 aliphatic rings. The van der Waals surface area contributed by atoms with Gasteiger partial charge in [0.25, 0.3) is 0 Å². The topological polar surface area (TPSA) is 137 Å². The quantitative estimate of drug-likeness (QED) is 0.775. The summed E-state index contributed by atoms with van der Waals surface area (Å²) in [6.07, 6.45) is 1.61. The fourth-order valence-corrected chi connectivity index (χ4v) is 2.13. The van der Waals surface area contributed by atoms with E-state index in [0.717, 1.165) is 6.07 Å². The molecule has 1 heterocycles. The highest BCUT2D eigenvalue weighted by Gasteiger charge is 2.17. The Hall–Kier alpha value is -2.46. The highest BCUT2D eigenvalue weighted by atomic mass is 32.2. The van der Waals surface area contributed by atoms with Crippen molar-refractivity contribution in [1.29, 1.82) is 0 Å². The molecule has 1 aromatic heterocycles. The highest BCUT2D eigenvalue weighted by molar-refractivity contribution is 7.89. The molecule has 9 nitrogen and oxygen atoms in total. The summed E-state index contributed by atoms with van der Waals surface area (Å²) in [7, 11) is -2.30. The van der Waals surface area contributed by atoms with Crippen LogP contribution < -0.4 is 9.88 Å². The number of carboxylic acid groups (broad SMARTS) is 1. The average Bonchev–Trinajstić information content (AvgIpc) is 2.80. The van der Waals surface area contributed by atoms with E-state index in [2.05, 4.69) is 10.3 Å². The molecule has 0 bridgehead atoms. The van der Waals surface area contributed by atoms with Crippen LogP contribution in [-0.4, -0.2) is 34.5 Å². The Morgan fingerprint density at radius 2 is 2.19 bits per heavy atom. The zero-order chi connectivity index (χ0) is 15.6. The zero-order valence-corrected chi connectivity index (χ0v) is 11.7. The second-order valence-electron chi connectivity index (χ2n) is 4.18. The van der Waals surface area contributed by atoms with E-state index in [1.165, 1.54) is 16.8 Å². The molecule has 0 amide bonds. The smallest absolute Gasteiger partial charge is 0.339 e. The van der Waals surface area contributed by atoms with E-state index in [1.807, 2.05) is 0 Å². The predicted octanol–water partition coefficient (Wildman–Crippen LogP) is -0.260. The Kier molecular flexibility index (Phi) is 3.91. The molecule has 0 aliphatic heterocycles. The second kappa shape index (κ2) is 5.50. The SMILES string of the molecule is Cn1cc(COc2ccc(S(N)(=O)=O)cc2C(=O)O)nn1. The number of ether oxygens (including phenoxy) is 1. The molecule has 10 heteroatoms. The fraction of sp³-hybridized carbons (Fsp3) is 0.182. The summed E-state index contributed by atoms with van der Waals surface area (Å²) < 4.78 is 29.3. The van der Waals surface area contributed by atoms with Gasteiger partial charge < -0.3 is 9.84 Å². The minimum Gasteiger partial charge on any atom is -0.486 e. The molecule has 2 aromatic rings. The summed E-state index contributed by atoms with van der Waals surface area (Å²) in [5, 5.41) is 21.6. The Bertz CT molecular complexity index is 784. The van der Waals surface area contributed by atoms with Gasteiger partial charge in [-0.3, -0.25) is 4.68 Å². The zero-order valence-electron chi connectivity index (χ0n) is 10.9. The predicted molar refractivity (Wildman–Crippen MR) is 70.1 cm³/mol. The van der Waals surface area contributed by atoms with E-state index in [9.17, 15) is 13.2 Å². The Labute approximate surface area is 120 Å². The van der Waals surface area contributed by atoms with Crippen molar-refractivity contribution >= 4 is 16.0 Å². The summed E-state index contributed by atoms with van der Waals surface area (Å²) in [5.74, 6) is -1.31. The number of aromatic carboxylic acids is 1. The monoisotopic (exact) mass is 312 g/mol. The molecule has 1 aromatic carbocycles. The first-order chi connectivity index (χ1) is 9.77. The third kappa shape index (κ3) is 3.55. The van der Waals surface area contributed by atoms with Gasteiger partial charge in [-0.05, 0) is 18.2 Å². The third-order valence-corrected chi connectivity index (χ3v) is 3.45. The van der Waals surface area contributed by atoms with Crippen LogP contribution in [-0.2, 0) is 23.7 Å². The molecular formula is C11H12N4O5S. The van der Waals surface area contributed by atoms with Crippen molar-refractivity contribution in [2.75, 3.05) is 0 Å². The number of hydrogen-bond acceptors (Lipinski definition) is 6. The first-order valence-electron chi connectivity index (χ1n) is 5.65. The van der Waals surface area contributed by atoms with E-state index in [0.29, 0.717) is 5.69 Å². The van der Waals surface area contributed by atoms with Crippen molar-refractivity contribution < 1.29 is 23.1 Å². The van der Waals surface area contributed by atoms with Gasteiger partial charge in [0.05, 0.1) is 11.1 Å². The van der Waals surface area contributed by atoms with Gasteiger partial charge in [0.15, 0.2) is 0 Å². The van der Waals surface area contributed by atoms with Crippen molar-refractivity contribution in [1.82, 2.24) is 15.0 Å². The van der Waals surface area contributed by atoms with E-state index in [4.69, 9.17) is 15.0 Å². The van der Waals surface area contributed by atoms with Gasteiger partial charge in [-0.2, -0.15) is 0 Å². The normalized spacial score (nSPS) is 11.3. The molecule has 0 fully saturated rings. The second-order valence-corrected chi connectivity index (χ2v) is 5.74. The Balaban J connectivity index is 2.28. The molecule has 3 N–H and O–H groups in total. The van der Waals surface area contributed by atoms with Gasteiger partial charge >= 0.3 is 5.97 Å². The maximum Gasteiger partial charge on any atom is 0.339 e. The molecule has 21 heavy (non-hydrogen) atoms. The molecule has 0 atom stereocenters. The lowest BCUT2D eigenvalue weighted by molar-refractivity contribution is 0.0691. The van der Waals surface area contributed by atoms with Crippen LogP contribution in [0.5, 0.6) is 5.75 Å². The molecule has 0 saturated carbocycles. The van der Waals surface area contributed by atoms with Crippen LogP contribution in [0.4, 0.5) is 0 Å². The van der Waals surface area contributed by atoms with Crippen molar-refractivity contribution in [3.8, 4) is 5.75 Å². The number of nitrogens with zero attached hydrogens (tertiary/aromatic N) is 3. The van der Waals surface area contributed by atoms with Crippen LogP contribution >= 0.6 is 0 Å². The lowest BCUT2D eigenvalue weighted by Crippen LogP contribution is -2.13. The van der Waals surface area contributed by atoms with E-state index < -0.39 is 16.0 Å². The maximum absolute atomic E-state index is 11.2. The summed E-state index contributed by atoms with van der Waals surface area (Å²) in [5.41, 5.74) is 0.203. The van der Waals surface area contributed by atoms with Gasteiger partial charge in [-0.1, -0.05) is 5.21 Å². The van der Waals surface area contributed by atoms with Gasteiger partial charge in [0.2, 0.25) is 10.0 Å². The van der Waals surface area contributed by atoms with Crippen LogP contribution in [0.15, 0.2) is 29.3 Å². The van der Waals surface area contributed by atoms with Crippen molar-refractivity contribution in [2.45, 2.75) is 11.5 Å². The molecule has 0 aliphatic carbocycles. The molecular weight excluding hydrogens is 300 g/mol. The first kappa shape index (κ1) is 14.9. The van der Waals surface area contributed by atoms with Crippen LogP contribution in [0, 0.1) is 0 Å². The molecule has 0 spiro atoms. The lowest BCUT2D eigenvalue weighted by atomic mass is 10.2. The van der Waals surface area contributed by atoms with Gasteiger partial charge in [-0.15, -0.1) is 5.10 Å². The number of carboxylic acids is 1. The van der Waals surface area contributed by atoms with E-state index in [-0.39, 0.29) is 22.8 Å². The fourth-order valence-electron chi connectivity index (χ4n) is 1.59. The largest absolute Gasteiger partial charge is 0.486 e. The Morgan fingerprint density at radius 1 is 1.48 bits per heavy atom. The van der Waals surface area contributed by atoms with Crippen molar-refractivity contribution in [2.24, 2.45) is 12.2 Å². The summed E-state index contributed by atoms with van der Waals surface area (Å²) in [6.45, 7) is 0.00282. The minimum atomic E-state index is -3.98. The maximum atomic E-state index is 11.2. The van der Waals surface area contributed by atoms with E-state index in [1.54, 1.807) is 13.2 Å². The third-order valence-electron chi connectivity index (χ3n) is 2.54. The summed E-state index contributed by atoms with van der Waals surface area (Å²) in [4.78, 5) is 10.9. The van der Waals surface area contributed by atoms with Gasteiger partial charge in [0.1, 0.15) is 23.6 Å². The van der Waals surface area contributed by atoms with Crippen LogP contribution in [0.25, 0.3) is 0 Å². The molecule has 2 rings (SSSR count). The minimum absolute atomic E-state index is 0.00282. The van der Waals surface area contributed by atoms with E-state index >= 15 is 0 Å². The highest BCUT2D eigenvalue weighted by Crippen LogP contribution is 2.23. The number of nitrogens with two attached hydrogens (primary N) is 1. The standard InChI is InChI=1S/C11H12N4O5S/c1-15-5-7(13-14-15)6-20-10-3-2-8(21(12,18)19)4-9(10)11(16)17/h2-5H,6H2,1H3,(H,16,17)(H2,12,18,19). The molecule has 112 valence electrons. The number of rotatable bonds is 5. The van der Waals surface area contributed by atoms with Crippen LogP contribution in [0.2, 0.25) is 0 Å². The number of carbonyl (C=O) groups is 1. The van der Waals surface area contributed by atoms with Crippen LogP contribution in [0.1, 0.15) is 16.1 Å². The number of aryl methyl sites for hydroxylation is 1.